The molecule has 0 amide bonds. The van der Waals surface area contributed by atoms with Gasteiger partial charge in [0.15, 0.2) is 0 Å². The summed E-state index contributed by atoms with van der Waals surface area (Å²) >= 11 is -3.45. The molecule has 0 aromatic carbocycles. The van der Waals surface area contributed by atoms with Gasteiger partial charge in [-0.2, -0.15) is 13.2 Å². The molecule has 1 atom stereocenters. The van der Waals surface area contributed by atoms with Crippen LogP contribution in [0.2, 0.25) is 0 Å². The van der Waals surface area contributed by atoms with Gasteiger partial charge in [0.1, 0.15) is 0 Å². The molecule has 0 aliphatic rings. The summed E-state index contributed by atoms with van der Waals surface area (Å²) in [5, 5.41) is 0. The van der Waals surface area contributed by atoms with E-state index in [1.165, 1.54) is 0 Å². The van der Waals surface area contributed by atoms with Crippen molar-refractivity contribution in [3.8, 4) is 0 Å². The van der Waals surface area contributed by atoms with E-state index < -0.39 is 30.5 Å². The Morgan fingerprint density at radius 3 is 1.83 bits per heavy atom. The minimum Gasteiger partial charge on any atom is -0.759 e. The molecule has 0 rings (SSSR count). The summed E-state index contributed by atoms with van der Waals surface area (Å²) < 4.78 is 73.9. The smallest absolute Gasteiger partial charge is 0.512 e. The first kappa shape index (κ1) is 11.8. The Morgan fingerprint density at radius 1 is 1.42 bits per heavy atom. The van der Waals surface area contributed by atoms with Crippen molar-refractivity contribution >= 4 is 21.3 Å². The quantitative estimate of drug-likeness (QED) is 0.598. The summed E-state index contributed by atoms with van der Waals surface area (Å²) in [5.41, 5.74) is -5.60. The number of hydrogen-bond acceptors (Lipinski definition) is 4. The van der Waals surface area contributed by atoms with Crippen LogP contribution in [-0.4, -0.2) is 33.4 Å². The van der Waals surface area contributed by atoms with Gasteiger partial charge in [-0.15, -0.1) is 3.71 Å². The van der Waals surface area contributed by atoms with Crippen molar-refractivity contribution in [2.24, 2.45) is 0 Å². The maximum Gasteiger partial charge on any atom is 0.512 e. The molecule has 12 heavy (non-hydrogen) atoms. The molecule has 0 aromatic heterocycles. The lowest BCUT2D eigenvalue weighted by atomic mass is 11.5. The third-order valence-corrected chi connectivity index (χ3v) is 3.48. The zero-order chi connectivity index (χ0) is 10.2. The second-order valence-electron chi connectivity index (χ2n) is 1.58. The van der Waals surface area contributed by atoms with Crippen molar-refractivity contribution in [1.29, 1.82) is 0 Å². The van der Waals surface area contributed by atoms with Gasteiger partial charge in [-0.3, -0.25) is 4.21 Å². The van der Waals surface area contributed by atoms with Gasteiger partial charge in [0.05, 0.1) is 0 Å². The Morgan fingerprint density at radius 2 is 1.75 bits per heavy atom. The standard InChI is InChI=1S/C2H4F3NO4S2/c1-6(11(7)8)12(9,10)2(3,4)5/h1H3,(H,7,8)/p-1. The van der Waals surface area contributed by atoms with Gasteiger partial charge < -0.3 is 4.55 Å². The van der Waals surface area contributed by atoms with E-state index in [9.17, 15) is 30.4 Å². The minimum absolute atomic E-state index is 0.284. The summed E-state index contributed by atoms with van der Waals surface area (Å²) in [6.07, 6.45) is 0. The molecular weight excluding hydrogens is 223 g/mol. The van der Waals surface area contributed by atoms with Gasteiger partial charge in [-0.05, 0) is 0 Å². The number of nitrogens with zero attached hydrogens (tertiary/aromatic N) is 1. The average Bonchev–Trinajstić information content (AvgIpc) is 1.83. The van der Waals surface area contributed by atoms with Gasteiger partial charge >= 0.3 is 15.5 Å². The lowest BCUT2D eigenvalue weighted by Gasteiger charge is -2.19. The van der Waals surface area contributed by atoms with Crippen LogP contribution >= 0.6 is 0 Å². The molecule has 0 heterocycles. The highest BCUT2D eigenvalue weighted by Gasteiger charge is 2.49. The fourth-order valence-corrected chi connectivity index (χ4v) is 1.41. The van der Waals surface area contributed by atoms with E-state index in [1.807, 2.05) is 0 Å². The summed E-state index contributed by atoms with van der Waals surface area (Å²) in [4.78, 5) is 0. The Balaban J connectivity index is 5.03. The van der Waals surface area contributed by atoms with Gasteiger partial charge in [0.25, 0.3) is 0 Å². The number of alkyl halides is 3. The molecule has 0 saturated carbocycles. The van der Waals surface area contributed by atoms with Crippen LogP contribution in [0, 0.1) is 0 Å². The normalized spacial score (nSPS) is 16.5. The van der Waals surface area contributed by atoms with E-state index in [-0.39, 0.29) is 7.05 Å². The van der Waals surface area contributed by atoms with Crippen molar-refractivity contribution in [3.05, 3.63) is 0 Å². The number of hydrogen-bond donors (Lipinski definition) is 0. The first-order valence-corrected chi connectivity index (χ1v) is 4.72. The highest BCUT2D eigenvalue weighted by Crippen LogP contribution is 2.26. The molecule has 0 fully saturated rings. The van der Waals surface area contributed by atoms with Crippen LogP contribution in [0.25, 0.3) is 0 Å². The van der Waals surface area contributed by atoms with E-state index in [0.29, 0.717) is 0 Å². The van der Waals surface area contributed by atoms with Crippen LogP contribution in [0.1, 0.15) is 0 Å². The number of sulfonamides is 1. The highest BCUT2D eigenvalue weighted by atomic mass is 32.3. The Labute approximate surface area is 68.6 Å². The van der Waals surface area contributed by atoms with E-state index in [1.54, 1.807) is 0 Å². The first-order chi connectivity index (χ1) is 5.10. The third-order valence-electron chi connectivity index (χ3n) is 0.841. The van der Waals surface area contributed by atoms with E-state index in [2.05, 4.69) is 0 Å². The lowest BCUT2D eigenvalue weighted by molar-refractivity contribution is -0.0465. The van der Waals surface area contributed by atoms with Crippen LogP contribution in [-0.2, 0) is 21.3 Å². The number of halogens is 3. The summed E-state index contributed by atoms with van der Waals surface area (Å²) in [5.74, 6) is 0. The zero-order valence-corrected chi connectivity index (χ0v) is 7.16. The summed E-state index contributed by atoms with van der Waals surface area (Å²) in [6, 6.07) is 0. The molecular formula is C2H3F3NO4S2-. The van der Waals surface area contributed by atoms with Crippen LogP contribution in [0.4, 0.5) is 13.2 Å². The van der Waals surface area contributed by atoms with Crippen LogP contribution in [0.5, 0.6) is 0 Å². The molecule has 10 heteroatoms. The molecule has 0 spiro atoms. The maximum absolute atomic E-state index is 11.5. The largest absolute Gasteiger partial charge is 0.759 e. The third kappa shape index (κ3) is 2.15. The Hall–Kier alpha value is -0.190. The first-order valence-electron chi connectivity index (χ1n) is 2.25. The second kappa shape index (κ2) is 3.28. The summed E-state index contributed by atoms with van der Waals surface area (Å²) in [6.45, 7) is 0. The van der Waals surface area contributed by atoms with E-state index in [0.717, 1.165) is 0 Å². The van der Waals surface area contributed by atoms with Crippen molar-refractivity contribution < 1.29 is 30.4 Å². The molecule has 74 valence electrons. The molecule has 5 nitrogen and oxygen atoms in total. The average molecular weight is 226 g/mol. The minimum atomic E-state index is -5.76. The fourth-order valence-electron chi connectivity index (χ4n) is 0.226. The zero-order valence-electron chi connectivity index (χ0n) is 5.53. The van der Waals surface area contributed by atoms with Gasteiger partial charge in [-0.25, -0.2) is 8.42 Å². The highest BCUT2D eigenvalue weighted by molar-refractivity contribution is 7.99. The van der Waals surface area contributed by atoms with Crippen molar-refractivity contribution in [1.82, 2.24) is 3.71 Å². The SMILES string of the molecule is CN(S(=O)[O-])S(=O)(=O)C(F)(F)F. The topological polar surface area (TPSA) is 77.5 Å². The molecule has 0 bridgehead atoms. The Bertz CT molecular complexity index is 281. The molecule has 0 radical (unpaired) electrons. The number of rotatable bonds is 2. The molecule has 0 N–H and O–H groups in total. The molecule has 0 saturated heterocycles. The molecule has 1 unspecified atom stereocenters. The molecule has 0 aliphatic carbocycles. The predicted octanol–water partition coefficient (Wildman–Crippen LogP) is -0.438. The fraction of sp³-hybridized carbons (Fsp3) is 1.00. The second-order valence-corrected chi connectivity index (χ2v) is 4.75. The monoisotopic (exact) mass is 226 g/mol. The van der Waals surface area contributed by atoms with Crippen molar-refractivity contribution in [2.45, 2.75) is 5.51 Å². The maximum atomic E-state index is 11.5. The van der Waals surface area contributed by atoms with E-state index in [4.69, 9.17) is 0 Å². The van der Waals surface area contributed by atoms with Crippen LogP contribution in [0.3, 0.4) is 0 Å². The summed E-state index contributed by atoms with van der Waals surface area (Å²) in [7, 11) is -5.47. The lowest BCUT2D eigenvalue weighted by Crippen LogP contribution is -2.38. The van der Waals surface area contributed by atoms with Crippen molar-refractivity contribution in [2.75, 3.05) is 7.05 Å². The van der Waals surface area contributed by atoms with Gasteiger partial charge in [0, 0.05) is 18.3 Å². The van der Waals surface area contributed by atoms with Crippen LogP contribution < -0.4 is 0 Å². The molecule has 0 aromatic rings. The van der Waals surface area contributed by atoms with Gasteiger partial charge in [0.2, 0.25) is 0 Å². The van der Waals surface area contributed by atoms with Crippen LogP contribution in [0.15, 0.2) is 0 Å². The van der Waals surface area contributed by atoms with E-state index >= 15 is 0 Å². The molecule has 0 aliphatic heterocycles. The van der Waals surface area contributed by atoms with Crippen molar-refractivity contribution in [3.63, 3.8) is 0 Å². The predicted molar refractivity (Wildman–Crippen MR) is 31.7 cm³/mol. The van der Waals surface area contributed by atoms with Gasteiger partial charge in [-0.1, -0.05) is 0 Å². The Kier molecular flexibility index (Phi) is 3.23.